The van der Waals surface area contributed by atoms with E-state index in [0.29, 0.717) is 5.56 Å². The highest BCUT2D eigenvalue weighted by molar-refractivity contribution is 5.80. The topological polar surface area (TPSA) is 75.6 Å². The molecule has 5 nitrogen and oxygen atoms in total. The minimum absolute atomic E-state index is 0.138. The van der Waals surface area contributed by atoms with E-state index in [0.717, 1.165) is 5.56 Å². The number of hydrogen-bond acceptors (Lipinski definition) is 3. The molecule has 2 atom stereocenters. The first-order valence-electron chi connectivity index (χ1n) is 7.35. The number of carboxylic acid groups (broad SMARTS) is 1. The second-order valence-electron chi connectivity index (χ2n) is 4.66. The number of rotatable bonds is 6. The van der Waals surface area contributed by atoms with Crippen molar-refractivity contribution in [3.63, 3.8) is 0 Å². The Hall–Kier alpha value is -2.82. The first-order chi connectivity index (χ1) is 11.1. The Morgan fingerprint density at radius 2 is 1.59 bits per heavy atom. The number of carbonyl (C=O) groups excluding carboxylic acids is 1. The lowest BCUT2D eigenvalue weighted by atomic mass is 10.1. The zero-order valence-corrected chi connectivity index (χ0v) is 11.8. The Labute approximate surface area is 129 Å². The van der Waals surface area contributed by atoms with Gasteiger partial charge < -0.3 is 15.2 Å². The molecule has 114 valence electrons. The molecule has 0 radical (unpaired) electrons. The lowest BCUT2D eigenvalue weighted by Gasteiger charge is -2.14. The number of carboxylic acids is 1. The maximum atomic E-state index is 11.8. The predicted octanol–water partition coefficient (Wildman–Crippen LogP) is 2.61. The molecule has 0 spiro atoms. The van der Waals surface area contributed by atoms with E-state index in [1.807, 2.05) is 6.07 Å². The molecule has 1 amide bonds. The van der Waals surface area contributed by atoms with Crippen LogP contribution in [0.1, 0.15) is 12.5 Å². The number of benzene rings is 2. The normalized spacial score (nSPS) is 13.5. The van der Waals surface area contributed by atoms with E-state index in [9.17, 15) is 14.7 Å². The van der Waals surface area contributed by atoms with E-state index in [1.54, 1.807) is 54.6 Å². The molecule has 0 aromatic heterocycles. The monoisotopic (exact) mass is 300 g/mol. The van der Waals surface area contributed by atoms with Crippen LogP contribution in [-0.4, -0.2) is 23.2 Å². The maximum absolute atomic E-state index is 11.8. The Kier molecular flexibility index (Phi) is 5.03. The van der Waals surface area contributed by atoms with E-state index in [1.165, 1.54) is 0 Å². The van der Waals surface area contributed by atoms with E-state index >= 15 is 0 Å². The second-order valence-corrected chi connectivity index (χ2v) is 4.66. The van der Waals surface area contributed by atoms with Crippen molar-refractivity contribution in [2.24, 2.45) is 0 Å². The third kappa shape index (κ3) is 4.94. The van der Waals surface area contributed by atoms with Gasteiger partial charge in [-0.05, 0) is 11.1 Å². The number of carbonyl (C=O) groups is 2. The zero-order valence-electron chi connectivity index (χ0n) is 12.8. The summed E-state index contributed by atoms with van der Waals surface area (Å²) in [5.74, 6) is -1.16. The summed E-state index contributed by atoms with van der Waals surface area (Å²) in [6.45, 7) is -1.21. The van der Waals surface area contributed by atoms with Crippen LogP contribution in [0.25, 0.3) is 0 Å². The van der Waals surface area contributed by atoms with Crippen molar-refractivity contribution in [3.05, 3.63) is 71.8 Å². The van der Waals surface area contributed by atoms with Crippen LogP contribution < -0.4 is 5.32 Å². The first-order valence-corrected chi connectivity index (χ1v) is 6.77. The number of nitrogens with one attached hydrogen (secondary N) is 1. The Morgan fingerprint density at radius 1 is 1.05 bits per heavy atom. The largest absolute Gasteiger partial charge is 0.480 e. The molecule has 0 aliphatic rings. The lowest BCUT2D eigenvalue weighted by molar-refractivity contribution is -0.139. The minimum atomic E-state index is -1.21. The fourth-order valence-electron chi connectivity index (χ4n) is 1.88. The average molecular weight is 300 g/mol. The van der Waals surface area contributed by atoms with Gasteiger partial charge in [-0.15, -0.1) is 0 Å². The third-order valence-electron chi connectivity index (χ3n) is 2.97. The second kappa shape index (κ2) is 7.83. The van der Waals surface area contributed by atoms with Crippen molar-refractivity contribution >= 4 is 12.1 Å². The smallest absolute Gasteiger partial charge is 0.408 e. The first kappa shape index (κ1) is 14.1. The van der Waals surface area contributed by atoms with Gasteiger partial charge in [0, 0.05) is 6.42 Å². The SMILES string of the molecule is [2H]C(OC(=O)N[C@@H](Cc1ccccc1)C(=O)O)c1ccccc1. The Bertz CT molecular complexity index is 648. The van der Waals surface area contributed by atoms with Gasteiger partial charge in [0.1, 0.15) is 12.6 Å². The third-order valence-corrected chi connectivity index (χ3v) is 2.97. The summed E-state index contributed by atoms with van der Waals surface area (Å²) in [6.07, 6.45) is -0.795. The molecule has 0 saturated heterocycles. The van der Waals surface area contributed by atoms with Gasteiger partial charge in [0.2, 0.25) is 0 Å². The van der Waals surface area contributed by atoms with E-state index in [2.05, 4.69) is 5.32 Å². The predicted molar refractivity (Wildman–Crippen MR) is 81.3 cm³/mol. The lowest BCUT2D eigenvalue weighted by Crippen LogP contribution is -2.42. The van der Waals surface area contributed by atoms with Crippen molar-refractivity contribution in [2.75, 3.05) is 0 Å². The van der Waals surface area contributed by atoms with Gasteiger partial charge in [0.25, 0.3) is 0 Å². The molecule has 1 unspecified atom stereocenters. The van der Waals surface area contributed by atoms with Crippen molar-refractivity contribution in [1.29, 1.82) is 0 Å². The molecule has 5 heteroatoms. The van der Waals surface area contributed by atoms with Crippen LogP contribution in [0.2, 0.25) is 0 Å². The Balaban J connectivity index is 1.94. The quantitative estimate of drug-likeness (QED) is 0.860. The summed E-state index contributed by atoms with van der Waals surface area (Å²) in [7, 11) is 0. The molecule has 0 fully saturated rings. The fourth-order valence-corrected chi connectivity index (χ4v) is 1.88. The molecule has 0 heterocycles. The number of hydrogen-bond donors (Lipinski definition) is 2. The average Bonchev–Trinajstić information content (AvgIpc) is 2.56. The van der Waals surface area contributed by atoms with Crippen molar-refractivity contribution in [3.8, 4) is 0 Å². The van der Waals surface area contributed by atoms with Crippen molar-refractivity contribution in [2.45, 2.75) is 19.0 Å². The minimum Gasteiger partial charge on any atom is -0.480 e. The summed E-state index contributed by atoms with van der Waals surface area (Å²) in [6, 6.07) is 16.4. The van der Waals surface area contributed by atoms with E-state index < -0.39 is 24.7 Å². The number of amides is 1. The zero-order chi connectivity index (χ0) is 16.7. The van der Waals surface area contributed by atoms with Gasteiger partial charge in [-0.25, -0.2) is 9.59 Å². The fraction of sp³-hybridized carbons (Fsp3) is 0.176. The summed E-state index contributed by atoms with van der Waals surface area (Å²) in [5, 5.41) is 11.5. The molecular formula is C17H17NO4. The number of alkyl carbamates (subject to hydrolysis) is 1. The summed E-state index contributed by atoms with van der Waals surface area (Å²) in [4.78, 5) is 23.1. The highest BCUT2D eigenvalue weighted by atomic mass is 16.5. The van der Waals surface area contributed by atoms with Crippen molar-refractivity contribution in [1.82, 2.24) is 5.32 Å². The Morgan fingerprint density at radius 3 is 2.14 bits per heavy atom. The summed E-state index contributed by atoms with van der Waals surface area (Å²) < 4.78 is 12.7. The van der Waals surface area contributed by atoms with E-state index in [-0.39, 0.29) is 6.42 Å². The summed E-state index contributed by atoms with van der Waals surface area (Å²) >= 11 is 0. The van der Waals surface area contributed by atoms with Gasteiger partial charge in [-0.1, -0.05) is 60.7 Å². The standard InChI is InChI=1S/C17H17NO4/c19-16(20)15(11-13-7-3-1-4-8-13)18-17(21)22-12-14-9-5-2-6-10-14/h1-10,15H,11-12H2,(H,18,21)(H,19,20)/t15-/m0/s1/i12D/t12?,15-. The van der Waals surface area contributed by atoms with Crippen molar-refractivity contribution < 1.29 is 20.8 Å². The van der Waals surface area contributed by atoms with Crippen LogP contribution in [0.5, 0.6) is 0 Å². The molecule has 0 aliphatic carbocycles. The van der Waals surface area contributed by atoms with Gasteiger partial charge >= 0.3 is 12.1 Å². The highest BCUT2D eigenvalue weighted by Crippen LogP contribution is 2.05. The van der Waals surface area contributed by atoms with Gasteiger partial charge in [-0.3, -0.25) is 0 Å². The molecule has 0 aliphatic heterocycles. The number of ether oxygens (including phenoxy) is 1. The maximum Gasteiger partial charge on any atom is 0.408 e. The molecule has 2 aromatic carbocycles. The van der Waals surface area contributed by atoms with Crippen LogP contribution in [-0.2, 0) is 22.5 Å². The van der Waals surface area contributed by atoms with Gasteiger partial charge in [-0.2, -0.15) is 0 Å². The molecule has 2 aromatic rings. The van der Waals surface area contributed by atoms with Crippen LogP contribution in [0.4, 0.5) is 4.79 Å². The molecule has 0 bridgehead atoms. The van der Waals surface area contributed by atoms with Gasteiger partial charge in [0.05, 0.1) is 1.37 Å². The molecule has 2 N–H and O–H groups in total. The van der Waals surface area contributed by atoms with Crippen LogP contribution in [0.3, 0.4) is 0 Å². The van der Waals surface area contributed by atoms with Crippen LogP contribution >= 0.6 is 0 Å². The molecule has 2 rings (SSSR count). The van der Waals surface area contributed by atoms with E-state index in [4.69, 9.17) is 6.11 Å². The highest BCUT2D eigenvalue weighted by Gasteiger charge is 2.21. The summed E-state index contributed by atoms with van der Waals surface area (Å²) in [5.41, 5.74) is 1.29. The van der Waals surface area contributed by atoms with Crippen LogP contribution in [0.15, 0.2) is 60.7 Å². The molecular weight excluding hydrogens is 282 g/mol. The molecule has 0 saturated carbocycles. The molecule has 22 heavy (non-hydrogen) atoms. The number of aliphatic carboxylic acids is 1. The van der Waals surface area contributed by atoms with Gasteiger partial charge in [0.15, 0.2) is 0 Å². The van der Waals surface area contributed by atoms with Crippen LogP contribution in [0, 0.1) is 0 Å².